The predicted octanol–water partition coefficient (Wildman–Crippen LogP) is 6.43. The number of aromatic hydroxyl groups is 1. The van der Waals surface area contributed by atoms with Crippen molar-refractivity contribution < 1.29 is 19.8 Å². The fourth-order valence-corrected chi connectivity index (χ4v) is 7.09. The smallest absolute Gasteiger partial charge is 0.301 e. The number of Topliss-reactive ketones (excluding diaryl/α,β-unsaturated/α-hetero) is 1. The van der Waals surface area contributed by atoms with E-state index in [0.29, 0.717) is 42.7 Å². The lowest BCUT2D eigenvalue weighted by Gasteiger charge is -2.22. The molecule has 0 bridgehead atoms. The van der Waals surface area contributed by atoms with Crippen LogP contribution < -0.4 is 4.90 Å². The standard InChI is InChI=1S/C28H19Cl2N5O4S2/c1-14-22(34-11-3-2-4-20(34)31-14)24(37)21-23(15-6-9-18(36)10-7-15)35(26(39)25(21)38)27-32-33-28(41-27)40-13-16-5-8-17(29)12-19(16)30/h2-12,23,36-37H,13H2,1H3/b24-21+. The van der Waals surface area contributed by atoms with Crippen molar-refractivity contribution in [3.05, 3.63) is 105 Å². The van der Waals surface area contributed by atoms with E-state index < -0.39 is 17.7 Å². The van der Waals surface area contributed by atoms with Crippen LogP contribution in [0.3, 0.4) is 0 Å². The van der Waals surface area contributed by atoms with Crippen LogP contribution in [-0.4, -0.2) is 41.5 Å². The number of pyridine rings is 1. The van der Waals surface area contributed by atoms with Gasteiger partial charge in [-0.15, -0.1) is 10.2 Å². The Kier molecular flexibility index (Phi) is 7.20. The van der Waals surface area contributed by atoms with E-state index >= 15 is 0 Å². The third-order valence-electron chi connectivity index (χ3n) is 6.55. The summed E-state index contributed by atoms with van der Waals surface area (Å²) in [4.78, 5) is 32.8. The highest BCUT2D eigenvalue weighted by Gasteiger charge is 2.48. The number of phenols is 1. The molecule has 206 valence electrons. The SMILES string of the molecule is Cc1nc2ccccn2c1/C(O)=C1\C(=O)C(=O)N(c2nnc(SCc3ccc(Cl)cc3Cl)s2)C1c1ccc(O)cc1. The molecule has 0 aliphatic carbocycles. The van der Waals surface area contributed by atoms with Crippen molar-refractivity contribution in [2.75, 3.05) is 4.90 Å². The average Bonchev–Trinajstić information content (AvgIpc) is 3.62. The number of hydrogen-bond acceptors (Lipinski definition) is 9. The number of hydrogen-bond donors (Lipinski definition) is 2. The van der Waals surface area contributed by atoms with Gasteiger partial charge in [-0.1, -0.05) is 70.6 Å². The molecule has 0 radical (unpaired) electrons. The molecule has 0 saturated carbocycles. The molecule has 1 aliphatic rings. The summed E-state index contributed by atoms with van der Waals surface area (Å²) in [5.41, 5.74) is 2.59. The molecule has 1 unspecified atom stereocenters. The molecule has 4 heterocycles. The minimum absolute atomic E-state index is 0.0128. The third kappa shape index (κ3) is 4.95. The van der Waals surface area contributed by atoms with E-state index in [2.05, 4.69) is 15.2 Å². The van der Waals surface area contributed by atoms with E-state index in [1.807, 2.05) is 12.1 Å². The molecule has 9 nitrogen and oxygen atoms in total. The predicted molar refractivity (Wildman–Crippen MR) is 159 cm³/mol. The fraction of sp³-hybridized carbons (Fsp3) is 0.107. The zero-order chi connectivity index (χ0) is 28.8. The number of amides is 1. The number of aliphatic hydroxyl groups excluding tert-OH is 1. The zero-order valence-electron chi connectivity index (χ0n) is 21.2. The molecule has 2 aromatic carbocycles. The van der Waals surface area contributed by atoms with E-state index in [1.165, 1.54) is 28.8 Å². The van der Waals surface area contributed by atoms with Gasteiger partial charge >= 0.3 is 5.91 Å². The van der Waals surface area contributed by atoms with E-state index in [-0.39, 0.29) is 22.2 Å². The maximum Gasteiger partial charge on any atom is 0.301 e. The number of thioether (sulfide) groups is 1. The number of nitrogens with zero attached hydrogens (tertiary/aromatic N) is 5. The lowest BCUT2D eigenvalue weighted by Crippen LogP contribution is -2.29. The second-order valence-electron chi connectivity index (χ2n) is 9.11. The quantitative estimate of drug-likeness (QED) is 0.0730. The number of carbonyl (C=O) groups is 2. The van der Waals surface area contributed by atoms with Crippen molar-refractivity contribution in [1.29, 1.82) is 0 Å². The molecular formula is C28H19Cl2N5O4S2. The maximum atomic E-state index is 13.5. The van der Waals surface area contributed by atoms with Crippen LogP contribution in [-0.2, 0) is 15.3 Å². The second kappa shape index (κ2) is 10.8. The lowest BCUT2D eigenvalue weighted by molar-refractivity contribution is -0.132. The molecule has 0 spiro atoms. The molecule has 1 fully saturated rings. The van der Waals surface area contributed by atoms with Crippen molar-refractivity contribution in [2.24, 2.45) is 0 Å². The van der Waals surface area contributed by atoms with Crippen LogP contribution in [0.2, 0.25) is 10.0 Å². The van der Waals surface area contributed by atoms with E-state index in [9.17, 15) is 19.8 Å². The average molecular weight is 625 g/mol. The summed E-state index contributed by atoms with van der Waals surface area (Å²) in [7, 11) is 0. The zero-order valence-corrected chi connectivity index (χ0v) is 24.3. The topological polar surface area (TPSA) is 121 Å². The van der Waals surface area contributed by atoms with Gasteiger partial charge < -0.3 is 10.2 Å². The van der Waals surface area contributed by atoms with E-state index in [0.717, 1.165) is 16.9 Å². The first kappa shape index (κ1) is 27.3. The van der Waals surface area contributed by atoms with Crippen LogP contribution in [0, 0.1) is 6.92 Å². The van der Waals surface area contributed by atoms with Gasteiger partial charge in [-0.3, -0.25) is 18.9 Å². The van der Waals surface area contributed by atoms with E-state index in [4.69, 9.17) is 23.2 Å². The van der Waals surface area contributed by atoms with Gasteiger partial charge in [0.2, 0.25) is 5.13 Å². The van der Waals surface area contributed by atoms with Gasteiger partial charge in [0.1, 0.15) is 17.1 Å². The monoisotopic (exact) mass is 623 g/mol. The van der Waals surface area contributed by atoms with Gasteiger partial charge in [-0.2, -0.15) is 0 Å². The number of aliphatic hydroxyl groups is 1. The van der Waals surface area contributed by atoms with Crippen LogP contribution >= 0.6 is 46.3 Å². The summed E-state index contributed by atoms with van der Waals surface area (Å²) >= 11 is 14.8. The highest BCUT2D eigenvalue weighted by molar-refractivity contribution is 8.00. The van der Waals surface area contributed by atoms with Crippen LogP contribution in [0.1, 0.15) is 28.6 Å². The van der Waals surface area contributed by atoms with Gasteiger partial charge in [0.05, 0.1) is 17.3 Å². The molecule has 41 heavy (non-hydrogen) atoms. The minimum atomic E-state index is -1.03. The number of fused-ring (bicyclic) bond motifs is 1. The molecule has 2 N–H and O–H groups in total. The maximum absolute atomic E-state index is 13.5. The van der Waals surface area contributed by atoms with Crippen molar-refractivity contribution in [1.82, 2.24) is 19.6 Å². The Morgan fingerprint density at radius 1 is 1.07 bits per heavy atom. The Balaban J connectivity index is 1.42. The molecular weight excluding hydrogens is 605 g/mol. The summed E-state index contributed by atoms with van der Waals surface area (Å²) in [6.45, 7) is 1.72. The van der Waals surface area contributed by atoms with Crippen LogP contribution in [0.15, 0.2) is 76.8 Å². The van der Waals surface area contributed by atoms with Gasteiger partial charge in [0.15, 0.2) is 10.1 Å². The Bertz CT molecular complexity index is 1870. The number of imidazole rings is 1. The number of aromatic nitrogens is 4. The van der Waals surface area contributed by atoms with E-state index in [1.54, 1.807) is 53.9 Å². The number of benzene rings is 2. The Morgan fingerprint density at radius 2 is 1.85 bits per heavy atom. The molecule has 3 aromatic heterocycles. The molecule has 1 amide bonds. The molecule has 1 aliphatic heterocycles. The van der Waals surface area contributed by atoms with Gasteiger partial charge in [-0.25, -0.2) is 4.98 Å². The van der Waals surface area contributed by atoms with Crippen molar-refractivity contribution >= 4 is 74.5 Å². The lowest BCUT2D eigenvalue weighted by atomic mass is 9.96. The summed E-state index contributed by atoms with van der Waals surface area (Å²) in [6.07, 6.45) is 1.72. The number of halogens is 2. The largest absolute Gasteiger partial charge is 0.508 e. The number of aryl methyl sites for hydroxylation is 1. The first-order valence-electron chi connectivity index (χ1n) is 12.2. The molecule has 1 saturated heterocycles. The Labute approximate surface area is 251 Å². The van der Waals surface area contributed by atoms with Crippen molar-refractivity contribution in [3.8, 4) is 5.75 Å². The Morgan fingerprint density at radius 3 is 2.61 bits per heavy atom. The summed E-state index contributed by atoms with van der Waals surface area (Å²) in [6, 6.07) is 15.6. The Hall–Kier alpha value is -3.90. The van der Waals surface area contributed by atoms with Gasteiger partial charge in [0.25, 0.3) is 5.78 Å². The van der Waals surface area contributed by atoms with Crippen molar-refractivity contribution in [3.63, 3.8) is 0 Å². The van der Waals surface area contributed by atoms with Gasteiger partial charge in [0, 0.05) is 22.0 Å². The summed E-state index contributed by atoms with van der Waals surface area (Å²) < 4.78 is 2.21. The number of phenolic OH excluding ortho intramolecular Hbond substituents is 1. The molecule has 13 heteroatoms. The third-order valence-corrected chi connectivity index (χ3v) is 9.24. The highest BCUT2D eigenvalue weighted by Crippen LogP contribution is 2.44. The molecule has 6 rings (SSSR count). The van der Waals surface area contributed by atoms with Gasteiger partial charge in [-0.05, 0) is 54.4 Å². The summed E-state index contributed by atoms with van der Waals surface area (Å²) in [5.74, 6) is -1.60. The number of carbonyl (C=O) groups excluding carboxylic acids is 2. The number of anilines is 1. The van der Waals surface area contributed by atoms with Crippen LogP contribution in [0.25, 0.3) is 11.4 Å². The normalized spacial score (nSPS) is 16.7. The summed E-state index contributed by atoms with van der Waals surface area (Å²) in [5, 5.41) is 31.2. The molecule has 5 aromatic rings. The first-order chi connectivity index (χ1) is 19.7. The first-order valence-corrected chi connectivity index (χ1v) is 14.7. The minimum Gasteiger partial charge on any atom is -0.508 e. The number of ketones is 1. The van der Waals surface area contributed by atoms with Crippen LogP contribution in [0.4, 0.5) is 5.13 Å². The number of rotatable bonds is 6. The van der Waals surface area contributed by atoms with Crippen molar-refractivity contribution in [2.45, 2.75) is 23.1 Å². The molecule has 1 atom stereocenters. The second-order valence-corrected chi connectivity index (χ2v) is 12.1. The fourth-order valence-electron chi connectivity index (χ4n) is 4.66. The highest BCUT2D eigenvalue weighted by atomic mass is 35.5. The van der Waals surface area contributed by atoms with Crippen LogP contribution in [0.5, 0.6) is 5.75 Å².